The second-order valence-electron chi connectivity index (χ2n) is 3.83. The van der Waals surface area contributed by atoms with E-state index in [0.29, 0.717) is 0 Å². The van der Waals surface area contributed by atoms with E-state index in [9.17, 15) is 0 Å². The molecule has 0 radical (unpaired) electrons. The molecule has 0 saturated heterocycles. The number of nitrogens with zero attached hydrogens (tertiary/aromatic N) is 2. The molecule has 0 spiro atoms. The second-order valence-corrected chi connectivity index (χ2v) is 3.83. The Bertz CT molecular complexity index is 420. The van der Waals surface area contributed by atoms with Crippen molar-refractivity contribution < 1.29 is 0 Å². The Kier molecular flexibility index (Phi) is 3.65. The van der Waals surface area contributed by atoms with Gasteiger partial charge in [-0.15, -0.1) is 0 Å². The van der Waals surface area contributed by atoms with E-state index in [0.717, 1.165) is 30.7 Å². The summed E-state index contributed by atoms with van der Waals surface area (Å²) >= 11 is 0. The number of hydrogen-bond acceptors (Lipinski definition) is 2. The van der Waals surface area contributed by atoms with Gasteiger partial charge in [0.1, 0.15) is 0 Å². The van der Waals surface area contributed by atoms with Gasteiger partial charge >= 0.3 is 0 Å². The Morgan fingerprint density at radius 1 is 0.938 bits per heavy atom. The molecule has 2 nitrogen and oxygen atoms in total. The molecule has 0 amide bonds. The lowest BCUT2D eigenvalue weighted by atomic mass is 10.1. The van der Waals surface area contributed by atoms with Crippen LogP contribution in [0, 0.1) is 0 Å². The lowest BCUT2D eigenvalue weighted by Crippen LogP contribution is -1.96. The molecule has 0 saturated carbocycles. The van der Waals surface area contributed by atoms with Crippen LogP contribution in [0.2, 0.25) is 0 Å². The first-order chi connectivity index (χ1) is 7.88. The summed E-state index contributed by atoms with van der Waals surface area (Å²) in [5.41, 5.74) is 3.56. The fourth-order valence-corrected chi connectivity index (χ4v) is 1.61. The first kappa shape index (κ1) is 10.8. The van der Waals surface area contributed by atoms with Gasteiger partial charge in [-0.1, -0.05) is 19.1 Å². The molecule has 0 unspecified atom stereocenters. The topological polar surface area (TPSA) is 25.8 Å². The zero-order valence-corrected chi connectivity index (χ0v) is 9.56. The first-order valence-corrected chi connectivity index (χ1v) is 5.72. The average Bonchev–Trinajstić information content (AvgIpc) is 2.38. The summed E-state index contributed by atoms with van der Waals surface area (Å²) in [4.78, 5) is 8.74. The minimum absolute atomic E-state index is 0.958. The van der Waals surface area contributed by atoms with Crippen LogP contribution in [0.1, 0.15) is 23.9 Å². The van der Waals surface area contributed by atoms with Crippen molar-refractivity contribution in [2.75, 3.05) is 0 Å². The van der Waals surface area contributed by atoms with Gasteiger partial charge in [-0.2, -0.15) is 0 Å². The zero-order chi connectivity index (χ0) is 11.2. The quantitative estimate of drug-likeness (QED) is 0.778. The summed E-state index contributed by atoms with van der Waals surface area (Å²) < 4.78 is 0. The number of aryl methyl sites for hydroxylation is 3. The maximum atomic E-state index is 4.44. The Hall–Kier alpha value is -1.70. The maximum Gasteiger partial charge on any atom is 0.0407 e. The normalized spacial score (nSPS) is 10.3. The van der Waals surface area contributed by atoms with E-state index >= 15 is 0 Å². The maximum absolute atomic E-state index is 4.44. The largest absolute Gasteiger partial charge is 0.261 e. The summed E-state index contributed by atoms with van der Waals surface area (Å²) in [7, 11) is 0. The van der Waals surface area contributed by atoms with E-state index in [1.165, 1.54) is 5.56 Å². The van der Waals surface area contributed by atoms with Gasteiger partial charge < -0.3 is 0 Å². The fourth-order valence-electron chi connectivity index (χ4n) is 1.61. The van der Waals surface area contributed by atoms with Crippen LogP contribution < -0.4 is 0 Å². The molecule has 2 heterocycles. The van der Waals surface area contributed by atoms with Crippen molar-refractivity contribution in [3.63, 3.8) is 0 Å². The minimum Gasteiger partial charge on any atom is -0.261 e. The molecular formula is C14H16N2. The van der Waals surface area contributed by atoms with Crippen LogP contribution in [0.3, 0.4) is 0 Å². The lowest BCUT2D eigenvalue weighted by Gasteiger charge is -2.01. The number of rotatable bonds is 4. The molecule has 0 aliphatic rings. The Balaban J connectivity index is 1.94. The highest BCUT2D eigenvalue weighted by Crippen LogP contribution is 2.05. The number of pyridine rings is 2. The Morgan fingerprint density at radius 3 is 2.31 bits per heavy atom. The van der Waals surface area contributed by atoms with Crippen LogP contribution in [-0.2, 0) is 19.3 Å². The standard InChI is InChI=1S/C14H16N2/c1-2-12-6-7-14(16-11-12)9-8-13-5-3-4-10-15-13/h3-7,10-11H,2,8-9H2,1H3. The SMILES string of the molecule is CCc1ccc(CCc2ccccn2)nc1. The molecule has 0 N–H and O–H groups in total. The molecule has 2 aromatic rings. The molecule has 2 rings (SSSR count). The van der Waals surface area contributed by atoms with Crippen LogP contribution in [0.5, 0.6) is 0 Å². The molecule has 0 aliphatic carbocycles. The highest BCUT2D eigenvalue weighted by molar-refractivity contribution is 5.15. The van der Waals surface area contributed by atoms with E-state index in [2.05, 4.69) is 35.1 Å². The van der Waals surface area contributed by atoms with Gasteiger partial charge in [0.15, 0.2) is 0 Å². The molecular weight excluding hydrogens is 196 g/mol. The van der Waals surface area contributed by atoms with Crippen molar-refractivity contribution in [2.45, 2.75) is 26.2 Å². The summed E-state index contributed by atoms with van der Waals surface area (Å²) in [5, 5.41) is 0. The third-order valence-electron chi connectivity index (χ3n) is 2.66. The van der Waals surface area contributed by atoms with Gasteiger partial charge in [0.25, 0.3) is 0 Å². The van der Waals surface area contributed by atoms with Crippen LogP contribution in [0.25, 0.3) is 0 Å². The van der Waals surface area contributed by atoms with Gasteiger partial charge in [-0.05, 0) is 43.0 Å². The van der Waals surface area contributed by atoms with Crippen LogP contribution in [0.15, 0.2) is 42.7 Å². The molecule has 16 heavy (non-hydrogen) atoms. The molecule has 0 atom stereocenters. The smallest absolute Gasteiger partial charge is 0.0407 e. The molecule has 2 heteroatoms. The van der Waals surface area contributed by atoms with Gasteiger partial charge in [0.05, 0.1) is 0 Å². The van der Waals surface area contributed by atoms with Crippen LogP contribution in [0.4, 0.5) is 0 Å². The van der Waals surface area contributed by atoms with Crippen molar-refractivity contribution in [1.29, 1.82) is 0 Å². The van der Waals surface area contributed by atoms with Gasteiger partial charge in [0.2, 0.25) is 0 Å². The van der Waals surface area contributed by atoms with Crippen molar-refractivity contribution in [2.24, 2.45) is 0 Å². The van der Waals surface area contributed by atoms with E-state index in [-0.39, 0.29) is 0 Å². The van der Waals surface area contributed by atoms with Crippen molar-refractivity contribution in [1.82, 2.24) is 9.97 Å². The Morgan fingerprint density at radius 2 is 1.75 bits per heavy atom. The molecule has 0 aromatic carbocycles. The van der Waals surface area contributed by atoms with E-state index in [1.54, 1.807) is 0 Å². The Labute approximate surface area is 96.4 Å². The van der Waals surface area contributed by atoms with E-state index < -0.39 is 0 Å². The lowest BCUT2D eigenvalue weighted by molar-refractivity contribution is 0.875. The summed E-state index contributed by atoms with van der Waals surface area (Å²) in [6.07, 6.45) is 6.77. The van der Waals surface area contributed by atoms with Gasteiger partial charge in [0, 0.05) is 23.8 Å². The van der Waals surface area contributed by atoms with Crippen LogP contribution >= 0.6 is 0 Å². The number of hydrogen-bond donors (Lipinski definition) is 0. The van der Waals surface area contributed by atoms with E-state index in [4.69, 9.17) is 0 Å². The molecule has 2 aromatic heterocycles. The molecule has 82 valence electrons. The third kappa shape index (κ3) is 2.89. The second kappa shape index (κ2) is 5.40. The fraction of sp³-hybridized carbons (Fsp3) is 0.286. The predicted molar refractivity (Wildman–Crippen MR) is 65.3 cm³/mol. The summed E-state index contributed by atoms with van der Waals surface area (Å²) in [5.74, 6) is 0. The molecule has 0 fully saturated rings. The summed E-state index contributed by atoms with van der Waals surface area (Å²) in [6, 6.07) is 10.3. The highest BCUT2D eigenvalue weighted by Gasteiger charge is 1.97. The van der Waals surface area contributed by atoms with Gasteiger partial charge in [-0.25, -0.2) is 0 Å². The van der Waals surface area contributed by atoms with E-state index in [1.807, 2.05) is 24.5 Å². The minimum atomic E-state index is 0.958. The first-order valence-electron chi connectivity index (χ1n) is 5.72. The molecule has 0 bridgehead atoms. The monoisotopic (exact) mass is 212 g/mol. The third-order valence-corrected chi connectivity index (χ3v) is 2.66. The highest BCUT2D eigenvalue weighted by atomic mass is 14.7. The van der Waals surface area contributed by atoms with Crippen molar-refractivity contribution >= 4 is 0 Å². The summed E-state index contributed by atoms with van der Waals surface area (Å²) in [6.45, 7) is 2.14. The zero-order valence-electron chi connectivity index (χ0n) is 9.56. The molecule has 0 aliphatic heterocycles. The van der Waals surface area contributed by atoms with Gasteiger partial charge in [-0.3, -0.25) is 9.97 Å². The number of aromatic nitrogens is 2. The average molecular weight is 212 g/mol. The van der Waals surface area contributed by atoms with Crippen molar-refractivity contribution in [3.8, 4) is 0 Å². The van der Waals surface area contributed by atoms with Crippen molar-refractivity contribution in [3.05, 3.63) is 59.7 Å². The predicted octanol–water partition coefficient (Wildman–Crippen LogP) is 2.82. The van der Waals surface area contributed by atoms with Crippen LogP contribution in [-0.4, -0.2) is 9.97 Å².